The Labute approximate surface area is 101 Å². The van der Waals surface area contributed by atoms with Gasteiger partial charge in [-0.3, -0.25) is 0 Å². The highest BCUT2D eigenvalue weighted by atomic mass is 14.6. The Hall–Kier alpha value is -2.27. The lowest BCUT2D eigenvalue weighted by Gasteiger charge is -2.09. The molecule has 17 heavy (non-hydrogen) atoms. The summed E-state index contributed by atoms with van der Waals surface area (Å²) in [5, 5.41) is 9.21. The number of aryl methyl sites for hydroxylation is 2. The Balaban J connectivity index is 2.64. The van der Waals surface area contributed by atoms with Crippen LogP contribution in [0.5, 0.6) is 0 Å². The molecule has 0 saturated carbocycles. The zero-order valence-corrected chi connectivity index (χ0v) is 9.99. The molecule has 0 spiro atoms. The van der Waals surface area contributed by atoms with Crippen molar-refractivity contribution in [3.05, 3.63) is 53.1 Å². The molecule has 2 rings (SSSR count). The summed E-state index contributed by atoms with van der Waals surface area (Å²) in [5.74, 6) is 0. The molecule has 0 bridgehead atoms. The molecule has 0 saturated heterocycles. The normalized spacial score (nSPS) is 9.94. The molecule has 0 radical (unpaired) electrons. The van der Waals surface area contributed by atoms with E-state index in [1.807, 2.05) is 50.2 Å². The van der Waals surface area contributed by atoms with Crippen LogP contribution in [0, 0.1) is 25.2 Å². The van der Waals surface area contributed by atoms with Crippen LogP contribution in [0.2, 0.25) is 0 Å². The predicted octanol–water partition coefficient (Wildman–Crippen LogP) is 3.42. The van der Waals surface area contributed by atoms with Crippen molar-refractivity contribution in [3.63, 3.8) is 0 Å². The Morgan fingerprint density at radius 1 is 1.00 bits per heavy atom. The van der Waals surface area contributed by atoms with E-state index in [4.69, 9.17) is 5.73 Å². The van der Waals surface area contributed by atoms with Crippen molar-refractivity contribution in [2.75, 3.05) is 5.73 Å². The number of nitrogens with two attached hydrogens (primary N) is 1. The maximum absolute atomic E-state index is 9.21. The average molecular weight is 222 g/mol. The first-order valence-electron chi connectivity index (χ1n) is 5.49. The number of benzene rings is 2. The number of nitrogen functional groups attached to an aromatic ring is 1. The maximum Gasteiger partial charge on any atom is 0.102 e. The first-order chi connectivity index (χ1) is 8.13. The van der Waals surface area contributed by atoms with Crippen LogP contribution in [0.3, 0.4) is 0 Å². The van der Waals surface area contributed by atoms with E-state index in [1.165, 1.54) is 5.56 Å². The molecule has 0 aliphatic carbocycles. The van der Waals surface area contributed by atoms with E-state index in [0.29, 0.717) is 11.3 Å². The topological polar surface area (TPSA) is 49.8 Å². The molecular weight excluding hydrogens is 208 g/mol. The second-order valence-corrected chi connectivity index (χ2v) is 4.20. The minimum atomic E-state index is 0.564. The third-order valence-corrected chi connectivity index (χ3v) is 2.94. The third kappa shape index (κ3) is 2.00. The van der Waals surface area contributed by atoms with Gasteiger partial charge in [-0.15, -0.1) is 0 Å². The van der Waals surface area contributed by atoms with Crippen molar-refractivity contribution in [2.45, 2.75) is 13.8 Å². The van der Waals surface area contributed by atoms with Crippen molar-refractivity contribution in [1.82, 2.24) is 0 Å². The summed E-state index contributed by atoms with van der Waals surface area (Å²) in [6.45, 7) is 3.95. The second-order valence-electron chi connectivity index (χ2n) is 4.20. The number of anilines is 1. The van der Waals surface area contributed by atoms with E-state index in [-0.39, 0.29) is 0 Å². The SMILES string of the molecule is Cc1ccc(-c2ccc(C)c(N)c2C#N)cc1. The predicted molar refractivity (Wildman–Crippen MR) is 70.5 cm³/mol. The highest BCUT2D eigenvalue weighted by Gasteiger charge is 2.09. The van der Waals surface area contributed by atoms with Gasteiger partial charge in [0.05, 0.1) is 11.3 Å². The number of hydrogen-bond acceptors (Lipinski definition) is 2. The van der Waals surface area contributed by atoms with Gasteiger partial charge in [0.2, 0.25) is 0 Å². The van der Waals surface area contributed by atoms with Gasteiger partial charge in [-0.2, -0.15) is 5.26 Å². The molecular formula is C15H14N2. The van der Waals surface area contributed by atoms with Crippen LogP contribution in [-0.2, 0) is 0 Å². The summed E-state index contributed by atoms with van der Waals surface area (Å²) < 4.78 is 0. The van der Waals surface area contributed by atoms with Crippen molar-refractivity contribution in [3.8, 4) is 17.2 Å². The summed E-state index contributed by atoms with van der Waals surface area (Å²) >= 11 is 0. The lowest BCUT2D eigenvalue weighted by Crippen LogP contribution is -1.96. The van der Waals surface area contributed by atoms with E-state index in [2.05, 4.69) is 6.07 Å². The number of nitrogens with zero attached hydrogens (tertiary/aromatic N) is 1. The second kappa shape index (κ2) is 4.31. The molecule has 0 amide bonds. The van der Waals surface area contributed by atoms with Gasteiger partial charge in [0.1, 0.15) is 6.07 Å². The van der Waals surface area contributed by atoms with Crippen LogP contribution in [0.4, 0.5) is 5.69 Å². The smallest absolute Gasteiger partial charge is 0.102 e. The van der Waals surface area contributed by atoms with Crippen molar-refractivity contribution < 1.29 is 0 Å². The van der Waals surface area contributed by atoms with Gasteiger partial charge >= 0.3 is 0 Å². The van der Waals surface area contributed by atoms with Gasteiger partial charge in [-0.25, -0.2) is 0 Å². The molecule has 0 aliphatic rings. The van der Waals surface area contributed by atoms with Crippen LogP contribution in [0.1, 0.15) is 16.7 Å². The molecule has 0 aliphatic heterocycles. The summed E-state index contributed by atoms with van der Waals surface area (Å²) in [4.78, 5) is 0. The van der Waals surface area contributed by atoms with Crippen molar-refractivity contribution in [2.24, 2.45) is 0 Å². The summed E-state index contributed by atoms with van der Waals surface area (Å²) in [5.41, 5.74) is 11.1. The van der Waals surface area contributed by atoms with Crippen LogP contribution < -0.4 is 5.73 Å². The van der Waals surface area contributed by atoms with Gasteiger partial charge in [-0.05, 0) is 25.0 Å². The molecule has 0 aromatic heterocycles. The number of hydrogen-bond donors (Lipinski definition) is 1. The van der Waals surface area contributed by atoms with E-state index in [0.717, 1.165) is 16.7 Å². The molecule has 84 valence electrons. The van der Waals surface area contributed by atoms with Gasteiger partial charge in [-0.1, -0.05) is 42.0 Å². The first kappa shape index (κ1) is 11.2. The molecule has 0 atom stereocenters. The minimum absolute atomic E-state index is 0.564. The Kier molecular flexibility index (Phi) is 2.84. The van der Waals surface area contributed by atoms with Crippen LogP contribution in [0.15, 0.2) is 36.4 Å². The molecule has 2 heteroatoms. The number of rotatable bonds is 1. The van der Waals surface area contributed by atoms with E-state index < -0.39 is 0 Å². The van der Waals surface area contributed by atoms with Gasteiger partial charge in [0.15, 0.2) is 0 Å². The maximum atomic E-state index is 9.21. The quantitative estimate of drug-likeness (QED) is 0.751. The highest BCUT2D eigenvalue weighted by molar-refractivity contribution is 5.78. The van der Waals surface area contributed by atoms with Crippen molar-refractivity contribution >= 4 is 5.69 Å². The summed E-state index contributed by atoms with van der Waals surface area (Å²) in [6.07, 6.45) is 0. The fourth-order valence-corrected chi connectivity index (χ4v) is 1.82. The standard InChI is InChI=1S/C15H14N2/c1-10-3-6-12(7-4-10)13-8-5-11(2)15(17)14(13)9-16/h3-8H,17H2,1-2H3. The molecule has 2 aromatic rings. The third-order valence-electron chi connectivity index (χ3n) is 2.94. The Morgan fingerprint density at radius 2 is 1.65 bits per heavy atom. The zero-order chi connectivity index (χ0) is 12.4. The lowest BCUT2D eigenvalue weighted by atomic mass is 9.96. The highest BCUT2D eigenvalue weighted by Crippen LogP contribution is 2.29. The van der Waals surface area contributed by atoms with Gasteiger partial charge in [0.25, 0.3) is 0 Å². The monoisotopic (exact) mass is 222 g/mol. The summed E-state index contributed by atoms with van der Waals surface area (Å²) in [7, 11) is 0. The molecule has 0 heterocycles. The zero-order valence-electron chi connectivity index (χ0n) is 9.99. The fourth-order valence-electron chi connectivity index (χ4n) is 1.82. The number of nitriles is 1. The average Bonchev–Trinajstić information content (AvgIpc) is 2.34. The van der Waals surface area contributed by atoms with E-state index >= 15 is 0 Å². The molecule has 2 aromatic carbocycles. The largest absolute Gasteiger partial charge is 0.397 e. The van der Waals surface area contributed by atoms with E-state index in [1.54, 1.807) is 0 Å². The lowest BCUT2D eigenvalue weighted by molar-refractivity contribution is 1.41. The fraction of sp³-hybridized carbons (Fsp3) is 0.133. The molecule has 0 unspecified atom stereocenters. The molecule has 2 nitrogen and oxygen atoms in total. The van der Waals surface area contributed by atoms with Gasteiger partial charge in [0, 0.05) is 5.56 Å². The van der Waals surface area contributed by atoms with Gasteiger partial charge < -0.3 is 5.73 Å². The van der Waals surface area contributed by atoms with Crippen LogP contribution in [0.25, 0.3) is 11.1 Å². The van der Waals surface area contributed by atoms with E-state index in [9.17, 15) is 5.26 Å². The molecule has 2 N–H and O–H groups in total. The summed E-state index contributed by atoms with van der Waals surface area (Å²) in [6, 6.07) is 14.2. The minimum Gasteiger partial charge on any atom is -0.397 e. The Morgan fingerprint density at radius 3 is 2.24 bits per heavy atom. The Bertz CT molecular complexity index is 590. The van der Waals surface area contributed by atoms with Crippen LogP contribution in [-0.4, -0.2) is 0 Å². The first-order valence-corrected chi connectivity index (χ1v) is 5.49. The van der Waals surface area contributed by atoms with Crippen LogP contribution >= 0.6 is 0 Å². The molecule has 0 fully saturated rings. The van der Waals surface area contributed by atoms with Crippen molar-refractivity contribution in [1.29, 1.82) is 5.26 Å².